The van der Waals surface area contributed by atoms with Crippen LogP contribution in [0.4, 0.5) is 0 Å². The molecule has 0 unspecified atom stereocenters. The Kier molecular flexibility index (Phi) is 6.48. The van der Waals surface area contributed by atoms with Crippen LogP contribution in [0.3, 0.4) is 0 Å². The van der Waals surface area contributed by atoms with Gasteiger partial charge in [-0.05, 0) is 84.2 Å². The largest absolute Gasteiger partial charge is 0.294 e. The van der Waals surface area contributed by atoms with Gasteiger partial charge >= 0.3 is 0 Å². The van der Waals surface area contributed by atoms with Crippen molar-refractivity contribution in [1.29, 1.82) is 0 Å². The highest BCUT2D eigenvalue weighted by molar-refractivity contribution is 7.85. The van der Waals surface area contributed by atoms with Crippen LogP contribution in [0.2, 0.25) is 0 Å². The van der Waals surface area contributed by atoms with E-state index >= 15 is 0 Å². The Morgan fingerprint density at radius 3 is 2.00 bits per heavy atom. The fraction of sp³-hybridized carbons (Fsp3) is 0.571. The molecule has 0 radical (unpaired) electrons. The molecule has 1 atom stereocenters. The molecule has 3 aliphatic carbocycles. The van der Waals surface area contributed by atoms with E-state index in [1.807, 2.05) is 13.0 Å². The molecule has 3 nitrogen and oxygen atoms in total. The minimum Gasteiger partial charge on any atom is -0.282 e. The summed E-state index contributed by atoms with van der Waals surface area (Å²) in [6.45, 7) is 4.26. The van der Waals surface area contributed by atoms with Crippen LogP contribution in [0.15, 0.2) is 41.3 Å². The maximum Gasteiger partial charge on any atom is 0.294 e. The molecule has 5 rings (SSSR count). The Hall–Kier alpha value is -1.22. The average Bonchev–Trinajstić information content (AvgIpc) is 3.12. The second-order valence-corrected chi connectivity index (χ2v) is 14.8. The molecule has 2 aromatic rings. The van der Waals surface area contributed by atoms with Crippen molar-refractivity contribution in [3.8, 4) is 11.1 Å². The van der Waals surface area contributed by atoms with Crippen LogP contribution in [0.5, 0.6) is 0 Å². The second-order valence-electron chi connectivity index (χ2n) is 10.3. The summed E-state index contributed by atoms with van der Waals surface area (Å²) in [6.07, 6.45) is 14.3. The van der Waals surface area contributed by atoms with Gasteiger partial charge in [-0.2, -0.15) is 8.42 Å². The fourth-order valence-electron chi connectivity index (χ4n) is 7.40. The van der Waals surface area contributed by atoms with Crippen molar-refractivity contribution in [3.63, 3.8) is 0 Å². The van der Waals surface area contributed by atoms with E-state index in [1.165, 1.54) is 86.5 Å². The molecule has 5 heteroatoms. The predicted octanol–water partition coefficient (Wildman–Crippen LogP) is 8.02. The lowest BCUT2D eigenvalue weighted by atomic mass is 9.90. The molecule has 178 valence electrons. The van der Waals surface area contributed by atoms with E-state index in [1.54, 1.807) is 6.07 Å². The summed E-state index contributed by atoms with van der Waals surface area (Å²) in [5.41, 5.74) is 7.35. The number of benzene rings is 2. The maximum absolute atomic E-state index is 12.4. The van der Waals surface area contributed by atoms with Crippen molar-refractivity contribution in [3.05, 3.63) is 53.1 Å². The Morgan fingerprint density at radius 2 is 1.45 bits per heavy atom. The topological polar surface area (TPSA) is 54.4 Å². The van der Waals surface area contributed by atoms with Crippen LogP contribution in [0.25, 0.3) is 11.1 Å². The summed E-state index contributed by atoms with van der Waals surface area (Å²) in [5.74, 6) is 0. The quantitative estimate of drug-likeness (QED) is 0.345. The normalized spacial score (nSPS) is 24.1. The van der Waals surface area contributed by atoms with Crippen molar-refractivity contribution in [1.82, 2.24) is 0 Å². The van der Waals surface area contributed by atoms with Crippen molar-refractivity contribution in [2.24, 2.45) is 0 Å². The molecule has 0 amide bonds. The average molecular weight is 485 g/mol. The van der Waals surface area contributed by atoms with Gasteiger partial charge in [0, 0.05) is 5.16 Å². The van der Waals surface area contributed by atoms with Gasteiger partial charge in [0.15, 0.2) is 0 Å². The minimum atomic E-state index is -4.27. The van der Waals surface area contributed by atoms with Gasteiger partial charge in [0.25, 0.3) is 10.1 Å². The molecule has 0 aliphatic heterocycles. The third-order valence-corrected chi connectivity index (χ3v) is 13.9. The van der Waals surface area contributed by atoms with Gasteiger partial charge in [0.1, 0.15) is 0 Å². The summed E-state index contributed by atoms with van der Waals surface area (Å²) in [4.78, 5) is 0.0918. The van der Waals surface area contributed by atoms with E-state index in [0.29, 0.717) is 0 Å². The molecule has 0 aromatic heterocycles. The van der Waals surface area contributed by atoms with E-state index in [0.717, 1.165) is 23.3 Å². The Balaban J connectivity index is 1.80. The van der Waals surface area contributed by atoms with Gasteiger partial charge in [-0.3, -0.25) is 4.55 Å². The van der Waals surface area contributed by atoms with Gasteiger partial charge < -0.3 is 0 Å². The first-order chi connectivity index (χ1) is 15.9. The van der Waals surface area contributed by atoms with Crippen molar-refractivity contribution in [2.75, 3.05) is 0 Å². The van der Waals surface area contributed by atoms with Gasteiger partial charge in [0.2, 0.25) is 0 Å². The summed E-state index contributed by atoms with van der Waals surface area (Å²) in [6, 6.07) is 12.4. The van der Waals surface area contributed by atoms with Crippen LogP contribution in [-0.4, -0.2) is 24.3 Å². The zero-order valence-electron chi connectivity index (χ0n) is 20.0. The SMILES string of the molecule is CC[C@@]1(P(C2CCCCC2)C2CCCCC2)c2ccccc2-c2ccc(S(=O)(=O)O)c(C)c21. The predicted molar refractivity (Wildman–Crippen MR) is 138 cm³/mol. The highest BCUT2D eigenvalue weighted by atomic mass is 32.2. The summed E-state index contributed by atoms with van der Waals surface area (Å²) in [5, 5.41) is -0.129. The van der Waals surface area contributed by atoms with Gasteiger partial charge in [-0.1, -0.05) is 83.7 Å². The minimum absolute atomic E-state index is 0.0918. The first-order valence-corrected chi connectivity index (χ1v) is 15.8. The number of hydrogen-bond donors (Lipinski definition) is 1. The highest BCUT2D eigenvalue weighted by Gasteiger charge is 2.53. The molecule has 0 saturated heterocycles. The standard InChI is InChI=1S/C28H37O3PS/c1-3-28(32(21-12-6-4-7-13-21)22-14-8-5-9-15-22)25-17-11-10-16-23(25)24-18-19-26(33(29,30)31)20(2)27(24)28/h10-11,16-19,21-22H,3-9,12-15H2,1-2H3,(H,29,30,31)/t28-/m1/s1. The number of hydrogen-bond acceptors (Lipinski definition) is 2. The Bertz CT molecular complexity index is 1110. The van der Waals surface area contributed by atoms with E-state index in [4.69, 9.17) is 0 Å². The lowest BCUT2D eigenvalue weighted by Crippen LogP contribution is -2.35. The molecule has 3 aliphatic rings. The zero-order chi connectivity index (χ0) is 23.2. The molecule has 2 saturated carbocycles. The smallest absolute Gasteiger partial charge is 0.282 e. The Labute approximate surface area is 200 Å². The van der Waals surface area contributed by atoms with Crippen LogP contribution < -0.4 is 0 Å². The van der Waals surface area contributed by atoms with Crippen molar-refractivity contribution >= 4 is 18.0 Å². The van der Waals surface area contributed by atoms with E-state index in [-0.39, 0.29) is 10.1 Å². The van der Waals surface area contributed by atoms with Crippen LogP contribution in [-0.2, 0) is 15.3 Å². The lowest BCUT2D eigenvalue weighted by Gasteiger charge is -2.50. The summed E-state index contributed by atoms with van der Waals surface area (Å²) < 4.78 is 34.8. The van der Waals surface area contributed by atoms with Crippen LogP contribution in [0.1, 0.15) is 94.2 Å². The molecular weight excluding hydrogens is 447 g/mol. The van der Waals surface area contributed by atoms with Gasteiger partial charge in [-0.25, -0.2) is 0 Å². The molecule has 1 N–H and O–H groups in total. The highest BCUT2D eigenvalue weighted by Crippen LogP contribution is 2.75. The molecule has 0 heterocycles. The zero-order valence-corrected chi connectivity index (χ0v) is 21.7. The van der Waals surface area contributed by atoms with Crippen LogP contribution in [0, 0.1) is 6.92 Å². The monoisotopic (exact) mass is 484 g/mol. The first kappa shape index (κ1) is 23.5. The van der Waals surface area contributed by atoms with Gasteiger partial charge in [0.05, 0.1) is 4.90 Å². The molecule has 0 spiro atoms. The molecule has 0 bridgehead atoms. The number of fused-ring (bicyclic) bond motifs is 3. The van der Waals surface area contributed by atoms with Crippen molar-refractivity contribution < 1.29 is 13.0 Å². The Morgan fingerprint density at radius 1 is 0.879 bits per heavy atom. The first-order valence-electron chi connectivity index (χ1n) is 12.9. The van der Waals surface area contributed by atoms with Crippen molar-refractivity contribution in [2.45, 2.75) is 106 Å². The summed E-state index contributed by atoms with van der Waals surface area (Å²) in [7, 11) is -4.67. The van der Waals surface area contributed by atoms with E-state index < -0.39 is 18.0 Å². The molecule has 2 aromatic carbocycles. The fourth-order valence-corrected chi connectivity index (χ4v) is 13.2. The van der Waals surface area contributed by atoms with Gasteiger partial charge in [-0.15, -0.1) is 0 Å². The third-order valence-electron chi connectivity index (χ3n) is 8.66. The van der Waals surface area contributed by atoms with E-state index in [9.17, 15) is 13.0 Å². The maximum atomic E-state index is 12.4. The second kappa shape index (κ2) is 9.10. The third kappa shape index (κ3) is 3.81. The lowest BCUT2D eigenvalue weighted by molar-refractivity contribution is 0.472. The number of rotatable bonds is 5. The molecule has 2 fully saturated rings. The van der Waals surface area contributed by atoms with E-state index in [2.05, 4.69) is 31.2 Å². The molecular formula is C28H37O3PS. The van der Waals surface area contributed by atoms with Crippen LogP contribution >= 0.6 is 7.92 Å². The molecule has 33 heavy (non-hydrogen) atoms. The summed E-state index contributed by atoms with van der Waals surface area (Å²) >= 11 is 0.